The first-order valence-corrected chi connectivity index (χ1v) is 19.8. The molecule has 264 valence electrons. The first-order valence-electron chi connectivity index (χ1n) is 19.8. The molecule has 0 spiro atoms. The van der Waals surface area contributed by atoms with Gasteiger partial charge in [-0.05, 0) is 130 Å². The van der Waals surface area contributed by atoms with Crippen LogP contribution in [0.1, 0.15) is 0 Å². The van der Waals surface area contributed by atoms with E-state index in [1.54, 1.807) is 0 Å². The molecule has 11 aromatic rings. The van der Waals surface area contributed by atoms with E-state index in [1.807, 2.05) is 0 Å². The van der Waals surface area contributed by atoms with E-state index in [0.29, 0.717) is 0 Å². The maximum absolute atomic E-state index is 2.44. The van der Waals surface area contributed by atoms with Gasteiger partial charge in [0.25, 0.3) is 0 Å². The van der Waals surface area contributed by atoms with Crippen LogP contribution in [0.25, 0.3) is 98.4 Å². The van der Waals surface area contributed by atoms with Crippen molar-refractivity contribution in [1.82, 2.24) is 0 Å². The Hall–Kier alpha value is -7.48. The van der Waals surface area contributed by atoms with Gasteiger partial charge < -0.3 is 4.90 Å². The van der Waals surface area contributed by atoms with E-state index in [9.17, 15) is 0 Å². The van der Waals surface area contributed by atoms with Gasteiger partial charge in [-0.3, -0.25) is 0 Å². The van der Waals surface area contributed by atoms with Gasteiger partial charge in [-0.25, -0.2) is 0 Å². The zero-order valence-corrected chi connectivity index (χ0v) is 31.2. The van der Waals surface area contributed by atoms with Crippen molar-refractivity contribution in [2.24, 2.45) is 0 Å². The van der Waals surface area contributed by atoms with Crippen molar-refractivity contribution in [1.29, 1.82) is 0 Å². The highest BCUT2D eigenvalue weighted by atomic mass is 15.2. The van der Waals surface area contributed by atoms with Crippen LogP contribution in [0.5, 0.6) is 0 Å². The molecule has 12 rings (SSSR count). The van der Waals surface area contributed by atoms with Crippen LogP contribution in [0.2, 0.25) is 0 Å². The SMILES string of the molecule is c1ccc(N2c3ccccc3-c3cccc4cc(-c5ccc6ccc(-c7c8ccccc8c(-c8cccc9ccccc89)c8ccccc78)cc6c5)cc2c34)cc1. The van der Waals surface area contributed by atoms with Gasteiger partial charge in [-0.15, -0.1) is 0 Å². The molecule has 0 amide bonds. The summed E-state index contributed by atoms with van der Waals surface area (Å²) in [7, 11) is 0. The molecule has 11 aromatic carbocycles. The molecule has 1 heterocycles. The summed E-state index contributed by atoms with van der Waals surface area (Å²) >= 11 is 0. The molecule has 1 aliphatic rings. The van der Waals surface area contributed by atoms with Crippen LogP contribution in [0, 0.1) is 0 Å². The number of anilines is 3. The maximum Gasteiger partial charge on any atom is 0.0552 e. The van der Waals surface area contributed by atoms with Crippen LogP contribution in [0.15, 0.2) is 212 Å². The summed E-state index contributed by atoms with van der Waals surface area (Å²) in [6, 6.07) is 78.4. The number of fused-ring (bicyclic) bond motifs is 6. The second kappa shape index (κ2) is 12.5. The Morgan fingerprint density at radius 3 is 1.58 bits per heavy atom. The molecule has 0 saturated carbocycles. The monoisotopic (exact) mass is 721 g/mol. The topological polar surface area (TPSA) is 3.24 Å². The molecule has 0 aliphatic carbocycles. The molecule has 1 nitrogen and oxygen atoms in total. The van der Waals surface area contributed by atoms with Crippen LogP contribution in [-0.4, -0.2) is 0 Å². The summed E-state index contributed by atoms with van der Waals surface area (Å²) in [5.41, 5.74) is 13.6. The Kier molecular flexibility index (Phi) is 7.00. The number of para-hydroxylation sites is 2. The minimum absolute atomic E-state index is 1.16. The number of rotatable bonds is 4. The third-order valence-corrected chi connectivity index (χ3v) is 12.1. The van der Waals surface area contributed by atoms with Gasteiger partial charge in [0.15, 0.2) is 0 Å². The summed E-state index contributed by atoms with van der Waals surface area (Å²) in [4.78, 5) is 2.44. The fourth-order valence-corrected chi connectivity index (χ4v) is 9.61. The van der Waals surface area contributed by atoms with Crippen molar-refractivity contribution in [2.45, 2.75) is 0 Å². The molecule has 0 fully saturated rings. The minimum atomic E-state index is 1.16. The summed E-state index contributed by atoms with van der Waals surface area (Å²) in [6.07, 6.45) is 0. The lowest BCUT2D eigenvalue weighted by Gasteiger charge is -2.34. The zero-order chi connectivity index (χ0) is 37.5. The molecular weight excluding hydrogens is 687 g/mol. The van der Waals surface area contributed by atoms with E-state index in [4.69, 9.17) is 0 Å². The molecule has 1 aliphatic heterocycles. The third-order valence-electron chi connectivity index (χ3n) is 12.1. The summed E-state index contributed by atoms with van der Waals surface area (Å²) in [5.74, 6) is 0. The summed E-state index contributed by atoms with van der Waals surface area (Å²) in [5, 5.41) is 12.6. The Bertz CT molecular complexity index is 3350. The number of nitrogens with zero attached hydrogens (tertiary/aromatic N) is 1. The Morgan fingerprint density at radius 2 is 0.807 bits per heavy atom. The lowest BCUT2D eigenvalue weighted by atomic mass is 9.84. The van der Waals surface area contributed by atoms with Crippen molar-refractivity contribution < 1.29 is 0 Å². The highest BCUT2D eigenvalue weighted by molar-refractivity contribution is 6.24. The lowest BCUT2D eigenvalue weighted by Crippen LogP contribution is -2.15. The molecule has 0 atom stereocenters. The average molecular weight is 722 g/mol. The van der Waals surface area contributed by atoms with Crippen LogP contribution < -0.4 is 4.90 Å². The van der Waals surface area contributed by atoms with Gasteiger partial charge >= 0.3 is 0 Å². The fourth-order valence-electron chi connectivity index (χ4n) is 9.61. The van der Waals surface area contributed by atoms with E-state index < -0.39 is 0 Å². The molecule has 1 heteroatoms. The van der Waals surface area contributed by atoms with Crippen molar-refractivity contribution >= 4 is 70.9 Å². The van der Waals surface area contributed by atoms with Gasteiger partial charge in [0.2, 0.25) is 0 Å². The zero-order valence-electron chi connectivity index (χ0n) is 31.2. The van der Waals surface area contributed by atoms with Crippen LogP contribution >= 0.6 is 0 Å². The molecule has 0 saturated heterocycles. The van der Waals surface area contributed by atoms with Gasteiger partial charge in [-0.2, -0.15) is 0 Å². The lowest BCUT2D eigenvalue weighted by molar-refractivity contribution is 1.28. The van der Waals surface area contributed by atoms with Crippen LogP contribution in [-0.2, 0) is 0 Å². The first kappa shape index (κ1) is 31.8. The average Bonchev–Trinajstić information content (AvgIpc) is 3.28. The van der Waals surface area contributed by atoms with Crippen molar-refractivity contribution in [3.63, 3.8) is 0 Å². The first-order chi connectivity index (χ1) is 28.3. The van der Waals surface area contributed by atoms with Gasteiger partial charge in [0.05, 0.1) is 11.4 Å². The number of hydrogen-bond donors (Lipinski definition) is 0. The van der Waals surface area contributed by atoms with Gasteiger partial charge in [-0.1, -0.05) is 170 Å². The Morgan fingerprint density at radius 1 is 0.263 bits per heavy atom. The van der Waals surface area contributed by atoms with Crippen molar-refractivity contribution in [3.8, 4) is 44.5 Å². The normalized spacial score (nSPS) is 12.2. The Balaban J connectivity index is 1.06. The predicted molar refractivity (Wildman–Crippen MR) is 244 cm³/mol. The largest absolute Gasteiger partial charge is 0.309 e. The Labute approximate surface area is 331 Å². The smallest absolute Gasteiger partial charge is 0.0552 e. The second-order valence-electron chi connectivity index (χ2n) is 15.2. The van der Waals surface area contributed by atoms with Crippen LogP contribution in [0.4, 0.5) is 17.1 Å². The highest BCUT2D eigenvalue weighted by Gasteiger charge is 2.26. The number of hydrogen-bond acceptors (Lipinski definition) is 1. The van der Waals surface area contributed by atoms with E-state index in [1.165, 1.54) is 110 Å². The van der Waals surface area contributed by atoms with Crippen LogP contribution in [0.3, 0.4) is 0 Å². The maximum atomic E-state index is 2.44. The van der Waals surface area contributed by atoms with E-state index in [-0.39, 0.29) is 0 Å². The van der Waals surface area contributed by atoms with E-state index in [0.717, 1.165) is 5.69 Å². The quantitative estimate of drug-likeness (QED) is 0.164. The predicted octanol–water partition coefficient (Wildman–Crippen LogP) is 15.9. The van der Waals surface area contributed by atoms with Gasteiger partial charge in [0, 0.05) is 16.6 Å². The second-order valence-corrected chi connectivity index (χ2v) is 15.2. The van der Waals surface area contributed by atoms with Crippen molar-refractivity contribution in [2.75, 3.05) is 4.90 Å². The highest BCUT2D eigenvalue weighted by Crippen LogP contribution is 2.52. The molecular formula is C56H35N. The summed E-state index contributed by atoms with van der Waals surface area (Å²) < 4.78 is 0. The molecule has 0 aromatic heterocycles. The third kappa shape index (κ3) is 4.89. The summed E-state index contributed by atoms with van der Waals surface area (Å²) in [6.45, 7) is 0. The van der Waals surface area contributed by atoms with E-state index >= 15 is 0 Å². The molecule has 0 N–H and O–H groups in total. The van der Waals surface area contributed by atoms with Gasteiger partial charge in [0.1, 0.15) is 0 Å². The molecule has 0 unspecified atom stereocenters. The fraction of sp³-hybridized carbons (Fsp3) is 0. The van der Waals surface area contributed by atoms with E-state index in [2.05, 4.69) is 217 Å². The molecule has 57 heavy (non-hydrogen) atoms. The number of benzene rings is 11. The molecule has 0 radical (unpaired) electrons. The molecule has 0 bridgehead atoms. The minimum Gasteiger partial charge on any atom is -0.309 e. The standard InChI is InChI=1S/C56H35N/c1-2-17-43(18-3-1)57-52-27-11-10-20-45(52)47-26-13-16-39-33-42(35-53(57)55(39)47)38-30-28-36-29-31-40(34-41(36)32-38)54-48-21-6-8-23-50(48)56(51-24-9-7-22-49(51)54)46-25-12-15-37-14-4-5-19-44(37)46/h1-35H. The van der Waals surface area contributed by atoms with Crippen molar-refractivity contribution in [3.05, 3.63) is 212 Å².